The number of rotatable bonds is 8. The van der Waals surface area contributed by atoms with Crippen molar-refractivity contribution in [2.24, 2.45) is 12.0 Å². The Hall–Kier alpha value is -0.550. The summed E-state index contributed by atoms with van der Waals surface area (Å²) in [6.07, 6.45) is 4.68. The molecule has 25 heavy (non-hydrogen) atoms. The van der Waals surface area contributed by atoms with Crippen molar-refractivity contribution >= 4 is 41.7 Å². The molecule has 1 unspecified atom stereocenters. The number of halogens is 1. The fourth-order valence-electron chi connectivity index (χ4n) is 2.94. The summed E-state index contributed by atoms with van der Waals surface area (Å²) in [6.45, 7) is 8.91. The zero-order chi connectivity index (χ0) is 17.4. The number of hydrogen-bond acceptors (Lipinski definition) is 5. The number of thioether (sulfide) groups is 1. The van der Waals surface area contributed by atoms with Crippen molar-refractivity contribution in [1.29, 1.82) is 0 Å². The second-order valence-corrected chi connectivity index (χ2v) is 7.10. The molecule has 1 aliphatic rings. The fourth-order valence-corrected chi connectivity index (χ4v) is 3.25. The number of likely N-dealkylation sites (N-methyl/N-ethyl adjacent to an activating group) is 1. The van der Waals surface area contributed by atoms with E-state index in [1.165, 1.54) is 19.4 Å². The second kappa shape index (κ2) is 11.9. The Morgan fingerprint density at radius 1 is 1.36 bits per heavy atom. The molecule has 1 aromatic rings. The Bertz CT molecular complexity index is 535. The zero-order valence-electron chi connectivity index (χ0n) is 15.8. The lowest BCUT2D eigenvalue weighted by atomic mass is 10.2. The van der Waals surface area contributed by atoms with E-state index in [-0.39, 0.29) is 24.0 Å². The van der Waals surface area contributed by atoms with Gasteiger partial charge in [0.05, 0.1) is 0 Å². The Morgan fingerprint density at radius 3 is 2.80 bits per heavy atom. The van der Waals surface area contributed by atoms with Gasteiger partial charge in [0, 0.05) is 31.9 Å². The van der Waals surface area contributed by atoms with E-state index in [0.29, 0.717) is 12.6 Å². The predicted octanol–water partition coefficient (Wildman–Crippen LogP) is 1.62. The monoisotopic (exact) mass is 481 g/mol. The van der Waals surface area contributed by atoms with Crippen LogP contribution in [-0.4, -0.2) is 69.9 Å². The Kier molecular flexibility index (Phi) is 10.7. The van der Waals surface area contributed by atoms with Gasteiger partial charge in [0.15, 0.2) is 11.8 Å². The van der Waals surface area contributed by atoms with Crippen LogP contribution >= 0.6 is 35.7 Å². The number of guanidine groups is 1. The van der Waals surface area contributed by atoms with Gasteiger partial charge in [-0.05, 0) is 39.1 Å². The van der Waals surface area contributed by atoms with E-state index in [4.69, 9.17) is 4.99 Å². The number of aryl methyl sites for hydroxylation is 1. The van der Waals surface area contributed by atoms with E-state index in [0.717, 1.165) is 43.0 Å². The molecule has 2 rings (SSSR count). The minimum Gasteiger partial charge on any atom is -0.356 e. The lowest BCUT2D eigenvalue weighted by molar-refractivity contribution is 0.267. The number of likely N-dealkylation sites (tertiary alicyclic amines) is 1. The van der Waals surface area contributed by atoms with E-state index >= 15 is 0 Å². The largest absolute Gasteiger partial charge is 0.356 e. The van der Waals surface area contributed by atoms with Crippen molar-refractivity contribution in [3.8, 4) is 0 Å². The third kappa shape index (κ3) is 6.93. The Labute approximate surface area is 172 Å². The summed E-state index contributed by atoms with van der Waals surface area (Å²) in [5.41, 5.74) is 0. The minimum absolute atomic E-state index is 0. The average Bonchev–Trinajstić information content (AvgIpc) is 3.17. The molecule has 0 bridgehead atoms. The quantitative estimate of drug-likeness (QED) is 0.255. The maximum absolute atomic E-state index is 4.70. The van der Waals surface area contributed by atoms with Gasteiger partial charge in [0.25, 0.3) is 0 Å². The molecular formula is C16H32IN7S. The third-order valence-electron chi connectivity index (χ3n) is 4.57. The van der Waals surface area contributed by atoms with Crippen LogP contribution in [0.15, 0.2) is 4.99 Å². The summed E-state index contributed by atoms with van der Waals surface area (Å²) in [4.78, 5) is 7.24. The first-order valence-corrected chi connectivity index (χ1v) is 10.1. The summed E-state index contributed by atoms with van der Waals surface area (Å²) < 4.78 is 1.98. The van der Waals surface area contributed by atoms with Gasteiger partial charge in [0.1, 0.15) is 12.4 Å². The maximum atomic E-state index is 4.70. The molecule has 0 saturated carbocycles. The van der Waals surface area contributed by atoms with Crippen molar-refractivity contribution in [1.82, 2.24) is 30.3 Å². The summed E-state index contributed by atoms with van der Waals surface area (Å²) in [5, 5.41) is 15.2. The van der Waals surface area contributed by atoms with Crippen molar-refractivity contribution < 1.29 is 0 Å². The third-order valence-corrected chi connectivity index (χ3v) is 5.18. The minimum atomic E-state index is 0. The summed E-state index contributed by atoms with van der Waals surface area (Å²) in [7, 11) is 1.98. The van der Waals surface area contributed by atoms with Gasteiger partial charge in [-0.2, -0.15) is 11.8 Å². The average molecular weight is 481 g/mol. The molecule has 1 atom stereocenters. The Morgan fingerprint density at radius 2 is 2.16 bits per heavy atom. The molecule has 0 radical (unpaired) electrons. The van der Waals surface area contributed by atoms with Crippen LogP contribution in [0.25, 0.3) is 0 Å². The van der Waals surface area contributed by atoms with E-state index in [9.17, 15) is 0 Å². The molecule has 7 nitrogen and oxygen atoms in total. The highest BCUT2D eigenvalue weighted by Gasteiger charge is 2.22. The van der Waals surface area contributed by atoms with Crippen molar-refractivity contribution in [3.63, 3.8) is 0 Å². The molecule has 1 saturated heterocycles. The van der Waals surface area contributed by atoms with Gasteiger partial charge in [0.2, 0.25) is 0 Å². The van der Waals surface area contributed by atoms with Gasteiger partial charge >= 0.3 is 0 Å². The van der Waals surface area contributed by atoms with E-state index in [1.807, 2.05) is 30.3 Å². The van der Waals surface area contributed by atoms with Crippen LogP contribution in [0.2, 0.25) is 0 Å². The molecule has 1 fully saturated rings. The maximum Gasteiger partial charge on any atom is 0.191 e. The second-order valence-electron chi connectivity index (χ2n) is 6.11. The highest BCUT2D eigenvalue weighted by Crippen LogP contribution is 2.15. The van der Waals surface area contributed by atoms with Gasteiger partial charge < -0.3 is 15.2 Å². The van der Waals surface area contributed by atoms with Crippen LogP contribution in [0.5, 0.6) is 0 Å². The van der Waals surface area contributed by atoms with Gasteiger partial charge in [-0.15, -0.1) is 34.2 Å². The topological polar surface area (TPSA) is 70.4 Å². The molecule has 2 heterocycles. The number of hydrogen-bond donors (Lipinski definition) is 2. The molecule has 2 N–H and O–H groups in total. The normalized spacial score (nSPS) is 18.2. The van der Waals surface area contributed by atoms with Gasteiger partial charge in [-0.1, -0.05) is 6.92 Å². The first kappa shape index (κ1) is 22.5. The van der Waals surface area contributed by atoms with E-state index < -0.39 is 0 Å². The van der Waals surface area contributed by atoms with Gasteiger partial charge in [-0.3, -0.25) is 4.90 Å². The number of aromatic nitrogens is 3. The number of aliphatic imine (C=N–C) groups is 1. The summed E-state index contributed by atoms with van der Waals surface area (Å²) in [5.74, 6) is 3.73. The summed E-state index contributed by atoms with van der Waals surface area (Å²) >= 11 is 1.83. The predicted molar refractivity (Wildman–Crippen MR) is 117 cm³/mol. The van der Waals surface area contributed by atoms with Crippen LogP contribution < -0.4 is 10.6 Å². The lowest BCUT2D eigenvalue weighted by Gasteiger charge is -2.24. The van der Waals surface area contributed by atoms with Crippen LogP contribution in [0.4, 0.5) is 0 Å². The Balaban J connectivity index is 0.00000312. The highest BCUT2D eigenvalue weighted by atomic mass is 127. The van der Waals surface area contributed by atoms with Crippen LogP contribution in [-0.2, 0) is 13.6 Å². The van der Waals surface area contributed by atoms with Crippen molar-refractivity contribution in [2.75, 3.05) is 38.2 Å². The van der Waals surface area contributed by atoms with Crippen LogP contribution in [0.1, 0.15) is 31.4 Å². The summed E-state index contributed by atoms with van der Waals surface area (Å²) in [6, 6.07) is 0.611. The van der Waals surface area contributed by atoms with Gasteiger partial charge in [-0.25, -0.2) is 4.99 Å². The lowest BCUT2D eigenvalue weighted by Crippen LogP contribution is -2.45. The van der Waals surface area contributed by atoms with Crippen molar-refractivity contribution in [3.05, 3.63) is 11.6 Å². The van der Waals surface area contributed by atoms with E-state index in [2.05, 4.69) is 38.9 Å². The van der Waals surface area contributed by atoms with Crippen LogP contribution in [0.3, 0.4) is 0 Å². The number of nitrogens with one attached hydrogen (secondary N) is 2. The molecule has 0 aromatic carbocycles. The smallest absolute Gasteiger partial charge is 0.191 e. The molecule has 1 aromatic heterocycles. The highest BCUT2D eigenvalue weighted by molar-refractivity contribution is 14.0. The molecule has 1 aliphatic heterocycles. The molecule has 9 heteroatoms. The molecular weight excluding hydrogens is 449 g/mol. The standard InChI is InChI=1S/C16H31N7S.HI/c1-5-23-9-6-7-14(23)11-18-16(17-8-10-24-4)19-12-15-21-20-13(2)22(15)3;/h14H,5-12H2,1-4H3,(H2,17,18,19);1H. The molecule has 0 spiro atoms. The van der Waals surface area contributed by atoms with E-state index in [1.54, 1.807) is 0 Å². The fraction of sp³-hybridized carbons (Fsp3) is 0.812. The van der Waals surface area contributed by atoms with Crippen LogP contribution in [0, 0.1) is 6.92 Å². The first-order valence-electron chi connectivity index (χ1n) is 8.75. The molecule has 0 aliphatic carbocycles. The zero-order valence-corrected chi connectivity index (χ0v) is 18.9. The molecule has 0 amide bonds. The van der Waals surface area contributed by atoms with Crippen molar-refractivity contribution in [2.45, 2.75) is 39.3 Å². The number of nitrogens with zero attached hydrogens (tertiary/aromatic N) is 5. The first-order chi connectivity index (χ1) is 11.7. The SMILES string of the molecule is CCN1CCCC1CNC(=NCc1nnc(C)n1C)NCCSC.I. The molecule has 144 valence electrons.